The molecule has 0 bridgehead atoms. The fraction of sp³-hybridized carbons (Fsp3) is 0.538. The first kappa shape index (κ1) is 25.8. The third kappa shape index (κ3) is 7.58. The molecular formula is C26H34ClN5O2S. The largest absolute Gasteiger partial charge is 0.353 e. The lowest BCUT2D eigenvalue weighted by Gasteiger charge is -2.36. The Labute approximate surface area is 217 Å². The second-order valence-corrected chi connectivity index (χ2v) is 10.7. The van der Waals surface area contributed by atoms with Crippen molar-refractivity contribution in [2.45, 2.75) is 56.6 Å². The molecule has 2 amide bonds. The number of amides is 2. The third-order valence-corrected chi connectivity index (χ3v) is 7.77. The van der Waals surface area contributed by atoms with Crippen LogP contribution >= 0.6 is 23.4 Å². The van der Waals surface area contributed by atoms with Crippen LogP contribution in [0.25, 0.3) is 0 Å². The number of nitrogens with zero attached hydrogens (tertiary/aromatic N) is 4. The van der Waals surface area contributed by atoms with Crippen LogP contribution in [0, 0.1) is 5.92 Å². The van der Waals surface area contributed by atoms with Gasteiger partial charge in [-0.15, -0.1) is 0 Å². The van der Waals surface area contributed by atoms with E-state index < -0.39 is 0 Å². The molecule has 1 N–H and O–H groups in total. The van der Waals surface area contributed by atoms with E-state index in [9.17, 15) is 9.59 Å². The lowest BCUT2D eigenvalue weighted by atomic mass is 10.1. The van der Waals surface area contributed by atoms with E-state index in [1.807, 2.05) is 30.0 Å². The summed E-state index contributed by atoms with van der Waals surface area (Å²) in [4.78, 5) is 38.2. The van der Waals surface area contributed by atoms with E-state index in [1.54, 1.807) is 6.07 Å². The highest BCUT2D eigenvalue weighted by Crippen LogP contribution is 2.28. The van der Waals surface area contributed by atoms with Gasteiger partial charge in [-0.05, 0) is 38.2 Å². The Morgan fingerprint density at radius 1 is 1.11 bits per heavy atom. The van der Waals surface area contributed by atoms with Crippen molar-refractivity contribution in [1.29, 1.82) is 0 Å². The minimum atomic E-state index is -0.0419. The number of carbonyl (C=O) groups excluding carboxylic acids is 2. The number of carbonyl (C=O) groups is 2. The number of thioether (sulfide) groups is 1. The fourth-order valence-electron chi connectivity index (χ4n) is 4.75. The maximum absolute atomic E-state index is 12.7. The predicted molar refractivity (Wildman–Crippen MR) is 141 cm³/mol. The van der Waals surface area contributed by atoms with Crippen LogP contribution in [-0.4, -0.2) is 64.7 Å². The molecule has 4 rings (SSSR count). The number of hydrogen-bond acceptors (Lipinski definition) is 6. The van der Waals surface area contributed by atoms with Crippen LogP contribution in [0.15, 0.2) is 41.6 Å². The van der Waals surface area contributed by atoms with Crippen molar-refractivity contribution >= 4 is 41.0 Å². The Kier molecular flexibility index (Phi) is 9.26. The van der Waals surface area contributed by atoms with E-state index >= 15 is 0 Å². The van der Waals surface area contributed by atoms with Gasteiger partial charge in [-0.3, -0.25) is 9.59 Å². The minimum Gasteiger partial charge on any atom is -0.353 e. The molecule has 1 saturated carbocycles. The monoisotopic (exact) mass is 515 g/mol. The molecule has 1 unspecified atom stereocenters. The molecule has 7 nitrogen and oxygen atoms in total. The summed E-state index contributed by atoms with van der Waals surface area (Å²) in [5.74, 6) is 1.46. The van der Waals surface area contributed by atoms with E-state index in [1.165, 1.54) is 30.2 Å². The molecular weight excluding hydrogens is 482 g/mol. The van der Waals surface area contributed by atoms with Crippen LogP contribution < -0.4 is 10.2 Å². The quantitative estimate of drug-likeness (QED) is 0.306. The Hall–Kier alpha value is -2.32. The summed E-state index contributed by atoms with van der Waals surface area (Å²) in [5, 5.41) is 3.90. The Bertz CT molecular complexity index is 994. The number of nitrogens with one attached hydrogen (secondary N) is 1. The number of aromatic nitrogens is 2. The van der Waals surface area contributed by atoms with Crippen LogP contribution in [0.2, 0.25) is 5.15 Å². The summed E-state index contributed by atoms with van der Waals surface area (Å²) in [6.45, 7) is 4.85. The first-order valence-corrected chi connectivity index (χ1v) is 13.9. The van der Waals surface area contributed by atoms with Crippen molar-refractivity contribution in [2.24, 2.45) is 5.92 Å². The second-order valence-electron chi connectivity index (χ2n) is 9.41. The van der Waals surface area contributed by atoms with Gasteiger partial charge in [-0.1, -0.05) is 66.5 Å². The molecule has 188 valence electrons. The van der Waals surface area contributed by atoms with Gasteiger partial charge in [0.2, 0.25) is 11.8 Å². The number of anilines is 1. The summed E-state index contributed by atoms with van der Waals surface area (Å²) in [6.07, 6.45) is 6.20. The molecule has 1 aromatic heterocycles. The Morgan fingerprint density at radius 3 is 2.54 bits per heavy atom. The van der Waals surface area contributed by atoms with Crippen molar-refractivity contribution in [3.8, 4) is 0 Å². The topological polar surface area (TPSA) is 78.4 Å². The zero-order valence-electron chi connectivity index (χ0n) is 20.3. The van der Waals surface area contributed by atoms with Crippen LogP contribution in [0.1, 0.15) is 44.6 Å². The van der Waals surface area contributed by atoms with Gasteiger partial charge in [-0.2, -0.15) is 0 Å². The summed E-state index contributed by atoms with van der Waals surface area (Å²) in [5.41, 5.74) is 1.27. The molecule has 9 heteroatoms. The van der Waals surface area contributed by atoms with Gasteiger partial charge in [0.25, 0.3) is 0 Å². The predicted octanol–water partition coefficient (Wildman–Crippen LogP) is 4.20. The van der Waals surface area contributed by atoms with Crippen molar-refractivity contribution in [3.63, 3.8) is 0 Å². The molecule has 2 heterocycles. The summed E-state index contributed by atoms with van der Waals surface area (Å²) >= 11 is 7.57. The smallest absolute Gasteiger partial charge is 0.230 e. The van der Waals surface area contributed by atoms with E-state index in [2.05, 4.69) is 32.3 Å². The average molecular weight is 516 g/mol. The van der Waals surface area contributed by atoms with Crippen molar-refractivity contribution in [2.75, 3.05) is 36.8 Å². The number of halogens is 1. The highest BCUT2D eigenvalue weighted by atomic mass is 35.5. The summed E-state index contributed by atoms with van der Waals surface area (Å²) in [7, 11) is 0. The molecule has 1 atom stereocenters. The van der Waals surface area contributed by atoms with Gasteiger partial charge in [0, 0.05) is 44.2 Å². The molecule has 1 aliphatic heterocycles. The van der Waals surface area contributed by atoms with Crippen LogP contribution in [0.4, 0.5) is 5.82 Å². The molecule has 0 radical (unpaired) electrons. The minimum absolute atomic E-state index is 0.0419. The zero-order chi connectivity index (χ0) is 24.6. The first-order chi connectivity index (χ1) is 17.0. The SMILES string of the molecule is CC(CCc1ccccc1)NC(=O)CSc1nc(Cl)cc(N2CCN(C(=O)C3CCCC3)CC2)n1. The molecule has 0 spiro atoms. The first-order valence-electron chi connectivity index (χ1n) is 12.5. The van der Waals surface area contributed by atoms with Gasteiger partial charge < -0.3 is 15.1 Å². The van der Waals surface area contributed by atoms with Gasteiger partial charge in [0.05, 0.1) is 5.75 Å². The van der Waals surface area contributed by atoms with Crippen LogP contribution in [-0.2, 0) is 16.0 Å². The maximum Gasteiger partial charge on any atom is 0.230 e. The maximum atomic E-state index is 12.7. The summed E-state index contributed by atoms with van der Waals surface area (Å²) in [6, 6.07) is 12.1. The summed E-state index contributed by atoms with van der Waals surface area (Å²) < 4.78 is 0. The van der Waals surface area contributed by atoms with E-state index in [4.69, 9.17) is 11.6 Å². The fourth-order valence-corrected chi connectivity index (χ4v) is 5.64. The average Bonchev–Trinajstić information content (AvgIpc) is 3.41. The van der Waals surface area contributed by atoms with Gasteiger partial charge >= 0.3 is 0 Å². The van der Waals surface area contributed by atoms with Crippen LogP contribution in [0.3, 0.4) is 0 Å². The molecule has 2 aliphatic rings. The van der Waals surface area contributed by atoms with Crippen LogP contribution in [0.5, 0.6) is 0 Å². The molecule has 1 aromatic carbocycles. The number of piperazine rings is 1. The Balaban J connectivity index is 1.23. The number of benzene rings is 1. The lowest BCUT2D eigenvalue weighted by molar-refractivity contribution is -0.135. The van der Waals surface area contributed by atoms with Crippen molar-refractivity contribution in [3.05, 3.63) is 47.1 Å². The standard InChI is InChI=1S/C26H34ClN5O2S/c1-19(11-12-20-7-3-2-4-8-20)28-24(33)18-35-26-29-22(27)17-23(30-26)31-13-15-32(16-14-31)25(34)21-9-5-6-10-21/h2-4,7-8,17,19,21H,5-6,9-16,18H2,1H3,(H,28,33). The van der Waals surface area contributed by atoms with E-state index in [0.717, 1.165) is 44.6 Å². The van der Waals surface area contributed by atoms with E-state index in [-0.39, 0.29) is 23.6 Å². The van der Waals surface area contributed by atoms with Gasteiger partial charge in [-0.25, -0.2) is 9.97 Å². The highest BCUT2D eigenvalue weighted by molar-refractivity contribution is 7.99. The molecule has 2 aromatic rings. The zero-order valence-corrected chi connectivity index (χ0v) is 21.9. The number of rotatable bonds is 9. The molecule has 2 fully saturated rings. The van der Waals surface area contributed by atoms with Gasteiger partial charge in [0.15, 0.2) is 5.16 Å². The molecule has 1 saturated heterocycles. The highest BCUT2D eigenvalue weighted by Gasteiger charge is 2.29. The molecule has 35 heavy (non-hydrogen) atoms. The molecule has 1 aliphatic carbocycles. The van der Waals surface area contributed by atoms with E-state index in [0.29, 0.717) is 29.3 Å². The van der Waals surface area contributed by atoms with Crippen molar-refractivity contribution < 1.29 is 9.59 Å². The van der Waals surface area contributed by atoms with Gasteiger partial charge in [0.1, 0.15) is 11.0 Å². The lowest BCUT2D eigenvalue weighted by Crippen LogP contribution is -2.50. The number of hydrogen-bond donors (Lipinski definition) is 1. The normalized spacial score (nSPS) is 17.4. The Morgan fingerprint density at radius 2 is 1.83 bits per heavy atom. The number of aryl methyl sites for hydroxylation is 1. The third-order valence-electron chi connectivity index (χ3n) is 6.73. The van der Waals surface area contributed by atoms with Crippen molar-refractivity contribution in [1.82, 2.24) is 20.2 Å². The second kappa shape index (κ2) is 12.6.